The van der Waals surface area contributed by atoms with Gasteiger partial charge in [-0.2, -0.15) is 4.98 Å². The fraction of sp³-hybridized carbons (Fsp3) is 0.0714. The molecule has 0 radical (unpaired) electrons. The predicted molar refractivity (Wildman–Crippen MR) is 80.5 cm³/mol. The number of nitrogens with one attached hydrogen (secondary N) is 2. The van der Waals surface area contributed by atoms with Crippen LogP contribution in [0.3, 0.4) is 0 Å². The van der Waals surface area contributed by atoms with Gasteiger partial charge in [0.1, 0.15) is 0 Å². The number of methoxy groups -OCH3 is 1. The van der Waals surface area contributed by atoms with E-state index in [4.69, 9.17) is 0 Å². The zero-order chi connectivity index (χ0) is 14.7. The van der Waals surface area contributed by atoms with E-state index in [0.717, 1.165) is 15.3 Å². The minimum absolute atomic E-state index is 0.311. The Labute approximate surface area is 124 Å². The van der Waals surface area contributed by atoms with Crippen molar-refractivity contribution >= 4 is 35.0 Å². The standard InChI is InChI=1S/C14H12N4O2S/c1-20-14(19)18-13-16-11-7-10(8-15-12(11)17-13)21-9-5-3-2-4-6-9/h2-8H,1H3,(H2,15,16,17,18,19). The van der Waals surface area contributed by atoms with Gasteiger partial charge in [-0.25, -0.2) is 9.78 Å². The number of carbonyl (C=O) groups excluding carboxylic acids is 1. The maximum Gasteiger partial charge on any atom is 0.413 e. The van der Waals surface area contributed by atoms with Crippen molar-refractivity contribution in [2.45, 2.75) is 9.79 Å². The van der Waals surface area contributed by atoms with Crippen molar-refractivity contribution < 1.29 is 9.53 Å². The molecule has 2 aromatic heterocycles. The lowest BCUT2D eigenvalue weighted by Crippen LogP contribution is -2.11. The average molecular weight is 300 g/mol. The average Bonchev–Trinajstić information content (AvgIpc) is 2.89. The quantitative estimate of drug-likeness (QED) is 0.776. The van der Waals surface area contributed by atoms with Gasteiger partial charge in [-0.1, -0.05) is 30.0 Å². The van der Waals surface area contributed by atoms with Crippen molar-refractivity contribution in [2.75, 3.05) is 12.4 Å². The second-order valence-electron chi connectivity index (χ2n) is 4.16. The van der Waals surface area contributed by atoms with Crippen molar-refractivity contribution in [1.82, 2.24) is 15.0 Å². The first-order valence-corrected chi connectivity index (χ1v) is 7.00. The summed E-state index contributed by atoms with van der Waals surface area (Å²) in [5, 5.41) is 2.48. The number of fused-ring (bicyclic) bond motifs is 1. The number of hydrogen-bond acceptors (Lipinski definition) is 5. The predicted octanol–water partition coefficient (Wildman–Crippen LogP) is 3.29. The molecule has 0 unspecified atom stereocenters. The highest BCUT2D eigenvalue weighted by Crippen LogP contribution is 2.28. The number of carbonyl (C=O) groups is 1. The van der Waals surface area contributed by atoms with Crippen LogP contribution in [-0.4, -0.2) is 28.2 Å². The summed E-state index contributed by atoms with van der Waals surface area (Å²) in [5.41, 5.74) is 1.29. The number of rotatable bonds is 3. The van der Waals surface area contributed by atoms with E-state index < -0.39 is 6.09 Å². The van der Waals surface area contributed by atoms with Gasteiger partial charge in [0.2, 0.25) is 5.95 Å². The molecular weight excluding hydrogens is 288 g/mol. The zero-order valence-corrected chi connectivity index (χ0v) is 12.0. The van der Waals surface area contributed by atoms with Crippen LogP contribution in [0.25, 0.3) is 11.2 Å². The molecule has 3 rings (SSSR count). The van der Waals surface area contributed by atoms with Crippen molar-refractivity contribution in [3.05, 3.63) is 42.6 Å². The lowest BCUT2D eigenvalue weighted by molar-refractivity contribution is 0.186. The Morgan fingerprint density at radius 1 is 1.29 bits per heavy atom. The highest BCUT2D eigenvalue weighted by atomic mass is 32.2. The van der Waals surface area contributed by atoms with E-state index in [9.17, 15) is 4.79 Å². The van der Waals surface area contributed by atoms with Crippen LogP contribution in [0.5, 0.6) is 0 Å². The van der Waals surface area contributed by atoms with Crippen LogP contribution >= 0.6 is 11.8 Å². The number of imidazole rings is 1. The number of nitrogens with zero attached hydrogens (tertiary/aromatic N) is 2. The van der Waals surface area contributed by atoms with E-state index in [2.05, 4.69) is 25.0 Å². The van der Waals surface area contributed by atoms with Gasteiger partial charge in [0.05, 0.1) is 12.6 Å². The van der Waals surface area contributed by atoms with Gasteiger partial charge in [-0.05, 0) is 18.2 Å². The van der Waals surface area contributed by atoms with E-state index in [1.807, 2.05) is 36.4 Å². The Bertz CT molecular complexity index is 773. The Kier molecular flexibility index (Phi) is 3.74. The van der Waals surface area contributed by atoms with E-state index in [1.54, 1.807) is 18.0 Å². The third kappa shape index (κ3) is 3.14. The van der Waals surface area contributed by atoms with Gasteiger partial charge in [0.15, 0.2) is 5.65 Å². The van der Waals surface area contributed by atoms with Crippen molar-refractivity contribution in [2.24, 2.45) is 0 Å². The number of benzene rings is 1. The number of pyridine rings is 1. The third-order valence-corrected chi connectivity index (χ3v) is 3.66. The number of aromatic amines is 1. The largest absolute Gasteiger partial charge is 0.453 e. The van der Waals surface area contributed by atoms with E-state index in [-0.39, 0.29) is 0 Å². The number of amides is 1. The summed E-state index contributed by atoms with van der Waals surface area (Å²) in [6.45, 7) is 0. The number of hydrogen-bond donors (Lipinski definition) is 2. The van der Waals surface area contributed by atoms with Crippen LogP contribution in [0.1, 0.15) is 0 Å². The van der Waals surface area contributed by atoms with Gasteiger partial charge in [-0.3, -0.25) is 5.32 Å². The van der Waals surface area contributed by atoms with Crippen LogP contribution in [0.4, 0.5) is 10.7 Å². The van der Waals surface area contributed by atoms with Crippen molar-refractivity contribution in [3.8, 4) is 0 Å². The van der Waals surface area contributed by atoms with Crippen LogP contribution in [0, 0.1) is 0 Å². The lowest BCUT2D eigenvalue weighted by Gasteiger charge is -2.00. The molecule has 6 nitrogen and oxygen atoms in total. The van der Waals surface area contributed by atoms with Crippen molar-refractivity contribution in [3.63, 3.8) is 0 Å². The normalized spacial score (nSPS) is 10.5. The third-order valence-electron chi connectivity index (χ3n) is 2.70. The molecule has 0 saturated carbocycles. The Hall–Kier alpha value is -2.54. The SMILES string of the molecule is COC(=O)Nc1nc2ncc(Sc3ccccc3)cc2[nH]1. The minimum atomic E-state index is -0.576. The van der Waals surface area contributed by atoms with Gasteiger partial charge in [0.25, 0.3) is 0 Å². The Balaban J connectivity index is 1.84. The van der Waals surface area contributed by atoms with Crippen molar-refractivity contribution in [1.29, 1.82) is 0 Å². The molecular formula is C14H12N4O2S. The molecule has 0 spiro atoms. The summed E-state index contributed by atoms with van der Waals surface area (Å²) >= 11 is 1.61. The van der Waals surface area contributed by atoms with Gasteiger partial charge >= 0.3 is 6.09 Å². The molecule has 1 aromatic carbocycles. The number of ether oxygens (including phenoxy) is 1. The number of H-pyrrole nitrogens is 1. The highest BCUT2D eigenvalue weighted by molar-refractivity contribution is 7.99. The Morgan fingerprint density at radius 2 is 2.10 bits per heavy atom. The zero-order valence-electron chi connectivity index (χ0n) is 11.2. The van der Waals surface area contributed by atoms with E-state index in [0.29, 0.717) is 11.6 Å². The summed E-state index contributed by atoms with van der Waals surface area (Å²) in [4.78, 5) is 24.7. The second-order valence-corrected chi connectivity index (χ2v) is 5.31. The lowest BCUT2D eigenvalue weighted by atomic mass is 10.4. The van der Waals surface area contributed by atoms with Crippen LogP contribution in [-0.2, 0) is 4.74 Å². The molecule has 2 heterocycles. The monoisotopic (exact) mass is 300 g/mol. The maximum atomic E-state index is 11.1. The summed E-state index contributed by atoms with van der Waals surface area (Å²) < 4.78 is 4.52. The molecule has 0 aliphatic heterocycles. The number of anilines is 1. The molecule has 21 heavy (non-hydrogen) atoms. The van der Waals surface area contributed by atoms with Gasteiger partial charge < -0.3 is 9.72 Å². The molecule has 0 atom stereocenters. The first-order valence-electron chi connectivity index (χ1n) is 6.18. The molecule has 0 aliphatic rings. The molecule has 0 saturated heterocycles. The highest BCUT2D eigenvalue weighted by Gasteiger charge is 2.08. The fourth-order valence-corrected chi connectivity index (χ4v) is 2.62. The minimum Gasteiger partial charge on any atom is -0.453 e. The molecule has 106 valence electrons. The Morgan fingerprint density at radius 3 is 2.86 bits per heavy atom. The summed E-state index contributed by atoms with van der Waals surface area (Å²) in [7, 11) is 1.30. The molecule has 2 N–H and O–H groups in total. The first kappa shape index (κ1) is 13.4. The fourth-order valence-electron chi connectivity index (χ4n) is 1.77. The molecule has 0 fully saturated rings. The summed E-state index contributed by atoms with van der Waals surface area (Å²) in [6.07, 6.45) is 1.18. The second kappa shape index (κ2) is 5.84. The van der Waals surface area contributed by atoms with Gasteiger partial charge in [0, 0.05) is 16.0 Å². The maximum absolute atomic E-state index is 11.1. The first-order chi connectivity index (χ1) is 10.2. The molecule has 0 bridgehead atoms. The summed E-state index contributed by atoms with van der Waals surface area (Å²) in [5.74, 6) is 0.311. The smallest absolute Gasteiger partial charge is 0.413 e. The van der Waals surface area contributed by atoms with Gasteiger partial charge in [-0.15, -0.1) is 0 Å². The van der Waals surface area contributed by atoms with Crippen LogP contribution in [0.2, 0.25) is 0 Å². The van der Waals surface area contributed by atoms with E-state index >= 15 is 0 Å². The summed E-state index contributed by atoms with van der Waals surface area (Å²) in [6, 6.07) is 12.0. The topological polar surface area (TPSA) is 79.9 Å². The van der Waals surface area contributed by atoms with E-state index in [1.165, 1.54) is 7.11 Å². The molecule has 1 amide bonds. The molecule has 7 heteroatoms. The molecule has 0 aliphatic carbocycles. The number of aromatic nitrogens is 3. The molecule has 3 aromatic rings. The van der Waals surface area contributed by atoms with Crippen LogP contribution < -0.4 is 5.32 Å². The van der Waals surface area contributed by atoms with Crippen LogP contribution in [0.15, 0.2) is 52.4 Å².